The van der Waals surface area contributed by atoms with Gasteiger partial charge in [-0.3, -0.25) is 0 Å². The Hall–Kier alpha value is -3.10. The Morgan fingerprint density at radius 1 is 0.795 bits per heavy atom. The zero-order valence-corrected chi connectivity index (χ0v) is 26.1. The maximum absolute atomic E-state index is 7.16. The fourth-order valence-corrected chi connectivity index (χ4v) is 10.2. The highest BCUT2D eigenvalue weighted by Crippen LogP contribution is 2.44. The molecule has 0 bridgehead atoms. The van der Waals surface area contributed by atoms with Crippen molar-refractivity contribution in [1.82, 2.24) is 0 Å². The summed E-state index contributed by atoms with van der Waals surface area (Å²) in [6.07, 6.45) is 7.79. The van der Waals surface area contributed by atoms with Crippen molar-refractivity contribution < 1.29 is 8.85 Å². The molecule has 1 heterocycles. The maximum atomic E-state index is 7.16. The Balaban J connectivity index is 1.85. The van der Waals surface area contributed by atoms with Crippen LogP contribution in [0.2, 0.25) is 0 Å². The molecule has 1 aromatic heterocycles. The minimum absolute atomic E-state index is 0.0941. The summed E-state index contributed by atoms with van der Waals surface area (Å²) in [6.45, 7) is 15.1. The largest absolute Gasteiger partial charge is 0.514 e. The molecule has 202 valence electrons. The minimum Gasteiger partial charge on any atom is -0.514 e. The van der Waals surface area contributed by atoms with Gasteiger partial charge in [-0.1, -0.05) is 92.6 Å². The number of rotatable bonds is 9. The van der Waals surface area contributed by atoms with Crippen LogP contribution in [-0.4, -0.2) is 14.2 Å². The zero-order valence-electron chi connectivity index (χ0n) is 24.3. The van der Waals surface area contributed by atoms with E-state index in [9.17, 15) is 0 Å². The molecular formula is C35H40O2SSi. The van der Waals surface area contributed by atoms with Gasteiger partial charge in [0, 0.05) is 20.7 Å². The van der Waals surface area contributed by atoms with Crippen molar-refractivity contribution in [1.29, 1.82) is 0 Å². The van der Waals surface area contributed by atoms with E-state index in [0.29, 0.717) is 0 Å². The van der Waals surface area contributed by atoms with E-state index in [0.717, 1.165) is 39.4 Å². The quantitative estimate of drug-likeness (QED) is 0.155. The Labute approximate surface area is 240 Å². The van der Waals surface area contributed by atoms with Gasteiger partial charge < -0.3 is 8.85 Å². The summed E-state index contributed by atoms with van der Waals surface area (Å²) in [5.41, 5.74) is 3.08. The number of benzene rings is 3. The van der Waals surface area contributed by atoms with Gasteiger partial charge in [0.15, 0.2) is 0 Å². The second-order valence-electron chi connectivity index (χ2n) is 11.2. The zero-order chi connectivity index (χ0) is 28.3. The topological polar surface area (TPSA) is 18.5 Å². The first kappa shape index (κ1) is 28.9. The van der Waals surface area contributed by atoms with Gasteiger partial charge in [-0.2, -0.15) is 0 Å². The SMILES string of the molecule is C#Cc1sc(C(CC)(CC)c2ccc(O[Si](OC(C)(C)C)(c3ccccc3)c3ccccc3)c(C)c2)cc1C. The highest BCUT2D eigenvalue weighted by atomic mass is 32.1. The Kier molecular flexibility index (Phi) is 8.56. The van der Waals surface area contributed by atoms with Crippen LogP contribution in [0, 0.1) is 26.2 Å². The first-order chi connectivity index (χ1) is 18.6. The first-order valence-electron chi connectivity index (χ1n) is 13.8. The molecule has 0 N–H and O–H groups in total. The van der Waals surface area contributed by atoms with Crippen molar-refractivity contribution in [2.45, 2.75) is 72.3 Å². The predicted octanol–water partition coefficient (Wildman–Crippen LogP) is 7.90. The van der Waals surface area contributed by atoms with Crippen LogP contribution in [0.5, 0.6) is 5.75 Å². The summed E-state index contributed by atoms with van der Waals surface area (Å²) < 4.78 is 14.1. The van der Waals surface area contributed by atoms with Crippen molar-refractivity contribution in [2.24, 2.45) is 0 Å². The van der Waals surface area contributed by atoms with Crippen LogP contribution in [-0.2, 0) is 9.84 Å². The summed E-state index contributed by atoms with van der Waals surface area (Å²) in [5.74, 6) is 3.73. The molecule has 0 unspecified atom stereocenters. The summed E-state index contributed by atoms with van der Waals surface area (Å²) in [6, 6.07) is 29.9. The molecule has 0 fully saturated rings. The normalized spacial score (nSPS) is 12.3. The lowest BCUT2D eigenvalue weighted by Gasteiger charge is -2.38. The van der Waals surface area contributed by atoms with Crippen LogP contribution in [0.1, 0.15) is 73.9 Å². The second kappa shape index (κ2) is 11.6. The molecule has 0 aliphatic heterocycles. The van der Waals surface area contributed by atoms with Crippen LogP contribution in [0.4, 0.5) is 0 Å². The molecular weight excluding hydrogens is 513 g/mol. The van der Waals surface area contributed by atoms with Crippen LogP contribution in [0.3, 0.4) is 0 Å². The smallest absolute Gasteiger partial charge is 0.469 e. The van der Waals surface area contributed by atoms with Gasteiger partial charge in [-0.05, 0) is 76.3 Å². The van der Waals surface area contributed by atoms with E-state index in [1.165, 1.54) is 16.0 Å². The van der Waals surface area contributed by atoms with Gasteiger partial charge in [-0.15, -0.1) is 17.8 Å². The lowest BCUT2D eigenvalue weighted by Crippen LogP contribution is -2.68. The molecule has 4 rings (SSSR count). The van der Waals surface area contributed by atoms with Crippen molar-refractivity contribution >= 4 is 30.3 Å². The molecule has 4 aromatic rings. The second-order valence-corrected chi connectivity index (χ2v) is 15.1. The molecule has 0 saturated heterocycles. The molecule has 39 heavy (non-hydrogen) atoms. The molecule has 2 nitrogen and oxygen atoms in total. The molecule has 0 amide bonds. The van der Waals surface area contributed by atoms with Crippen molar-refractivity contribution in [2.75, 3.05) is 0 Å². The third-order valence-corrected chi connectivity index (χ3v) is 12.4. The Bertz CT molecular complexity index is 1400. The van der Waals surface area contributed by atoms with E-state index in [-0.39, 0.29) is 5.41 Å². The van der Waals surface area contributed by atoms with Crippen LogP contribution in [0.15, 0.2) is 84.9 Å². The number of hydrogen-bond donors (Lipinski definition) is 0. The summed E-state index contributed by atoms with van der Waals surface area (Å²) in [5, 5.41) is 2.17. The lowest BCUT2D eigenvalue weighted by atomic mass is 9.74. The first-order valence-corrected chi connectivity index (χ1v) is 16.4. The van der Waals surface area contributed by atoms with E-state index in [4.69, 9.17) is 15.3 Å². The van der Waals surface area contributed by atoms with Gasteiger partial charge in [0.05, 0.1) is 10.5 Å². The number of terminal acetylenes is 1. The monoisotopic (exact) mass is 552 g/mol. The fraction of sp³-hybridized carbons (Fsp3) is 0.314. The Morgan fingerprint density at radius 2 is 1.36 bits per heavy atom. The Morgan fingerprint density at radius 3 is 1.79 bits per heavy atom. The summed E-state index contributed by atoms with van der Waals surface area (Å²) in [4.78, 5) is 2.35. The van der Waals surface area contributed by atoms with Crippen LogP contribution >= 0.6 is 11.3 Å². The number of hydrogen-bond acceptors (Lipinski definition) is 3. The molecule has 0 radical (unpaired) electrons. The summed E-state index contributed by atoms with van der Waals surface area (Å²) in [7, 11) is -3.13. The third kappa shape index (κ3) is 5.77. The highest BCUT2D eigenvalue weighted by molar-refractivity contribution is 7.13. The molecule has 0 saturated carbocycles. The average molecular weight is 553 g/mol. The number of thiophene rings is 1. The van der Waals surface area contributed by atoms with Crippen molar-refractivity contribution in [3.63, 3.8) is 0 Å². The summed E-state index contributed by atoms with van der Waals surface area (Å²) >= 11 is 1.75. The van der Waals surface area contributed by atoms with E-state index in [1.807, 2.05) is 12.1 Å². The van der Waals surface area contributed by atoms with Gasteiger partial charge in [-0.25, -0.2) is 0 Å². The molecule has 0 atom stereocenters. The average Bonchev–Trinajstić information content (AvgIpc) is 3.31. The minimum atomic E-state index is -3.13. The van der Waals surface area contributed by atoms with Crippen molar-refractivity contribution in [3.05, 3.63) is 111 Å². The van der Waals surface area contributed by atoms with Crippen molar-refractivity contribution in [3.8, 4) is 18.1 Å². The van der Waals surface area contributed by atoms with Gasteiger partial charge >= 0.3 is 8.56 Å². The molecule has 4 heteroatoms. The fourth-order valence-electron chi connectivity index (χ4n) is 5.40. The van der Waals surface area contributed by atoms with Gasteiger partial charge in [0.25, 0.3) is 0 Å². The third-order valence-electron chi connectivity index (χ3n) is 7.47. The van der Waals surface area contributed by atoms with E-state index >= 15 is 0 Å². The van der Waals surface area contributed by atoms with E-state index in [2.05, 4.69) is 127 Å². The molecule has 0 aliphatic rings. The van der Waals surface area contributed by atoms with E-state index < -0.39 is 14.2 Å². The molecule has 3 aromatic carbocycles. The van der Waals surface area contributed by atoms with Gasteiger partial charge in [0.2, 0.25) is 0 Å². The predicted molar refractivity (Wildman–Crippen MR) is 169 cm³/mol. The highest BCUT2D eigenvalue weighted by Gasteiger charge is 2.48. The maximum Gasteiger partial charge on any atom is 0.469 e. The number of aryl methyl sites for hydroxylation is 2. The standard InChI is InChI=1S/C35H40O2SSi/c1-9-32-27(5)25-33(38-32)35(10-2,11-3)28-22-23-31(26(4)24-28)36-39(37-34(6,7)8,29-18-14-12-15-19-29)30-20-16-13-17-21-30/h1,12-25H,10-11H2,2-8H3. The van der Waals surface area contributed by atoms with Crippen LogP contribution in [0.25, 0.3) is 0 Å². The van der Waals surface area contributed by atoms with Gasteiger partial charge in [0.1, 0.15) is 5.75 Å². The molecule has 0 spiro atoms. The van der Waals surface area contributed by atoms with E-state index in [1.54, 1.807) is 11.3 Å². The molecule has 0 aliphatic carbocycles. The lowest BCUT2D eigenvalue weighted by molar-refractivity contribution is 0.101. The van der Waals surface area contributed by atoms with Crippen LogP contribution < -0.4 is 14.8 Å².